The highest BCUT2D eigenvalue weighted by Gasteiger charge is 2.00. The Morgan fingerprint density at radius 3 is 2.71 bits per heavy atom. The fourth-order valence-corrected chi connectivity index (χ4v) is 3.58. The molecular formula is C10H8BrNS2. The minimum absolute atomic E-state index is 0.987. The Morgan fingerprint density at radius 1 is 1.29 bits per heavy atom. The van der Waals surface area contributed by atoms with Crippen LogP contribution in [-0.2, 0) is 5.75 Å². The second-order valence-corrected chi connectivity index (χ2v) is 6.34. The number of thioether (sulfide) groups is 1. The smallest absolute Gasteiger partial charge is 0.151 e. The van der Waals surface area contributed by atoms with Crippen molar-refractivity contribution in [2.45, 2.75) is 10.1 Å². The van der Waals surface area contributed by atoms with E-state index in [9.17, 15) is 0 Å². The van der Waals surface area contributed by atoms with Gasteiger partial charge in [0.15, 0.2) is 4.34 Å². The summed E-state index contributed by atoms with van der Waals surface area (Å²) in [6, 6.07) is 10.4. The number of hydrogen-bond acceptors (Lipinski definition) is 3. The summed E-state index contributed by atoms with van der Waals surface area (Å²) in [7, 11) is 0. The molecule has 0 saturated heterocycles. The normalized spacial score (nSPS) is 10.4. The van der Waals surface area contributed by atoms with Gasteiger partial charge in [0.05, 0.1) is 9.98 Å². The lowest BCUT2D eigenvalue weighted by atomic mass is 10.2. The van der Waals surface area contributed by atoms with Crippen LogP contribution in [0.15, 0.2) is 44.7 Å². The standard InChI is InChI=1S/C10H8BrNS2/c11-9-6-12-10(14-9)13-7-8-4-2-1-3-5-8/h1-6H,7H2. The van der Waals surface area contributed by atoms with Crippen LogP contribution in [0.25, 0.3) is 0 Å². The molecule has 14 heavy (non-hydrogen) atoms. The first-order valence-electron chi connectivity index (χ1n) is 4.12. The molecule has 0 amide bonds. The van der Waals surface area contributed by atoms with Gasteiger partial charge in [-0.05, 0) is 21.5 Å². The van der Waals surface area contributed by atoms with Crippen LogP contribution in [0, 0.1) is 0 Å². The Labute approximate surface area is 99.7 Å². The van der Waals surface area contributed by atoms with Gasteiger partial charge in [-0.15, -0.1) is 11.3 Å². The van der Waals surface area contributed by atoms with E-state index in [-0.39, 0.29) is 0 Å². The minimum atomic E-state index is 0.987. The van der Waals surface area contributed by atoms with Gasteiger partial charge in [0.2, 0.25) is 0 Å². The zero-order valence-electron chi connectivity index (χ0n) is 7.31. The summed E-state index contributed by atoms with van der Waals surface area (Å²) in [5.74, 6) is 0.987. The van der Waals surface area contributed by atoms with Gasteiger partial charge in [-0.1, -0.05) is 42.1 Å². The third kappa shape index (κ3) is 2.83. The summed E-state index contributed by atoms with van der Waals surface area (Å²) >= 11 is 6.85. The number of aromatic nitrogens is 1. The Bertz CT molecular complexity index is 400. The molecule has 1 aromatic heterocycles. The van der Waals surface area contributed by atoms with Gasteiger partial charge in [-0.3, -0.25) is 0 Å². The summed E-state index contributed by atoms with van der Waals surface area (Å²) in [5.41, 5.74) is 1.34. The van der Waals surface area contributed by atoms with Crippen molar-refractivity contribution in [2.75, 3.05) is 0 Å². The van der Waals surface area contributed by atoms with Crippen LogP contribution in [0.2, 0.25) is 0 Å². The summed E-state index contributed by atoms with van der Waals surface area (Å²) in [5, 5.41) is 0. The van der Waals surface area contributed by atoms with Crippen molar-refractivity contribution in [3.8, 4) is 0 Å². The van der Waals surface area contributed by atoms with E-state index in [1.165, 1.54) is 5.56 Å². The molecule has 0 radical (unpaired) electrons. The van der Waals surface area contributed by atoms with Gasteiger partial charge in [-0.2, -0.15) is 0 Å². The molecular weight excluding hydrogens is 278 g/mol. The van der Waals surface area contributed by atoms with E-state index >= 15 is 0 Å². The van der Waals surface area contributed by atoms with Crippen LogP contribution < -0.4 is 0 Å². The molecule has 2 rings (SSSR count). The Morgan fingerprint density at radius 2 is 2.07 bits per heavy atom. The number of thiazole rings is 1. The van der Waals surface area contributed by atoms with Crippen molar-refractivity contribution >= 4 is 39.0 Å². The highest BCUT2D eigenvalue weighted by atomic mass is 79.9. The highest BCUT2D eigenvalue weighted by Crippen LogP contribution is 2.29. The molecule has 0 saturated carbocycles. The summed E-state index contributed by atoms with van der Waals surface area (Å²) in [6.45, 7) is 0. The lowest BCUT2D eigenvalue weighted by Crippen LogP contribution is -1.77. The van der Waals surface area contributed by atoms with Crippen LogP contribution >= 0.6 is 39.0 Å². The van der Waals surface area contributed by atoms with Crippen molar-refractivity contribution in [2.24, 2.45) is 0 Å². The average molecular weight is 286 g/mol. The Kier molecular flexibility index (Phi) is 3.61. The zero-order chi connectivity index (χ0) is 9.80. The summed E-state index contributed by atoms with van der Waals surface area (Å²) in [4.78, 5) is 4.27. The molecule has 4 heteroatoms. The molecule has 0 aliphatic carbocycles. The topological polar surface area (TPSA) is 12.9 Å². The van der Waals surface area contributed by atoms with Crippen molar-refractivity contribution < 1.29 is 0 Å². The maximum absolute atomic E-state index is 4.27. The molecule has 0 spiro atoms. The summed E-state index contributed by atoms with van der Waals surface area (Å²) < 4.78 is 2.20. The van der Waals surface area contributed by atoms with Gasteiger partial charge in [0.1, 0.15) is 0 Å². The predicted octanol–water partition coefficient (Wildman–Crippen LogP) is 4.20. The van der Waals surface area contributed by atoms with Crippen molar-refractivity contribution in [1.82, 2.24) is 4.98 Å². The Hall–Kier alpha value is -0.320. The fourth-order valence-electron chi connectivity index (χ4n) is 1.03. The number of halogens is 1. The molecule has 1 heterocycles. The second-order valence-electron chi connectivity index (χ2n) is 2.70. The number of benzene rings is 1. The molecule has 2 aromatic rings. The van der Waals surface area contributed by atoms with E-state index in [0.29, 0.717) is 0 Å². The Balaban J connectivity index is 1.95. The highest BCUT2D eigenvalue weighted by molar-refractivity contribution is 9.11. The SMILES string of the molecule is Brc1cnc(SCc2ccccc2)s1. The largest absolute Gasteiger partial charge is 0.237 e. The van der Waals surface area contributed by atoms with E-state index < -0.39 is 0 Å². The molecule has 0 bridgehead atoms. The second kappa shape index (κ2) is 4.96. The molecule has 72 valence electrons. The predicted molar refractivity (Wildman–Crippen MR) is 65.8 cm³/mol. The van der Waals surface area contributed by atoms with Gasteiger partial charge in [-0.25, -0.2) is 4.98 Å². The van der Waals surface area contributed by atoms with Gasteiger partial charge in [0.25, 0.3) is 0 Å². The quantitative estimate of drug-likeness (QED) is 0.784. The van der Waals surface area contributed by atoms with Crippen LogP contribution in [0.4, 0.5) is 0 Å². The van der Waals surface area contributed by atoms with Gasteiger partial charge >= 0.3 is 0 Å². The van der Waals surface area contributed by atoms with Gasteiger partial charge < -0.3 is 0 Å². The minimum Gasteiger partial charge on any atom is -0.237 e. The number of hydrogen-bond donors (Lipinski definition) is 0. The van der Waals surface area contributed by atoms with Crippen molar-refractivity contribution in [3.63, 3.8) is 0 Å². The monoisotopic (exact) mass is 285 g/mol. The lowest BCUT2D eigenvalue weighted by Gasteiger charge is -1.96. The first-order valence-corrected chi connectivity index (χ1v) is 6.72. The third-order valence-corrected chi connectivity index (χ3v) is 4.37. The molecule has 0 atom stereocenters. The maximum Gasteiger partial charge on any atom is 0.151 e. The van der Waals surface area contributed by atoms with E-state index in [1.807, 2.05) is 12.3 Å². The molecule has 1 nitrogen and oxygen atoms in total. The first kappa shape index (κ1) is 10.2. The zero-order valence-corrected chi connectivity index (χ0v) is 10.5. The molecule has 0 N–H and O–H groups in total. The van der Waals surface area contributed by atoms with Crippen LogP contribution in [0.5, 0.6) is 0 Å². The van der Waals surface area contributed by atoms with Gasteiger partial charge in [0, 0.05) is 5.75 Å². The van der Waals surface area contributed by atoms with Crippen molar-refractivity contribution in [1.29, 1.82) is 0 Å². The molecule has 0 fully saturated rings. The molecule has 0 aliphatic rings. The lowest BCUT2D eigenvalue weighted by molar-refractivity contribution is 1.24. The van der Waals surface area contributed by atoms with Crippen LogP contribution in [-0.4, -0.2) is 4.98 Å². The average Bonchev–Trinajstić information content (AvgIpc) is 2.63. The van der Waals surface area contributed by atoms with E-state index in [2.05, 4.69) is 45.2 Å². The van der Waals surface area contributed by atoms with Crippen LogP contribution in [0.1, 0.15) is 5.56 Å². The summed E-state index contributed by atoms with van der Waals surface area (Å²) in [6.07, 6.45) is 1.85. The van der Waals surface area contributed by atoms with E-state index in [4.69, 9.17) is 0 Å². The van der Waals surface area contributed by atoms with Crippen molar-refractivity contribution in [3.05, 3.63) is 45.9 Å². The molecule has 0 unspecified atom stereocenters. The van der Waals surface area contributed by atoms with E-state index in [0.717, 1.165) is 13.9 Å². The van der Waals surface area contributed by atoms with E-state index in [1.54, 1.807) is 23.1 Å². The first-order chi connectivity index (χ1) is 6.84. The molecule has 1 aromatic carbocycles. The number of rotatable bonds is 3. The number of nitrogens with zero attached hydrogens (tertiary/aromatic N) is 1. The third-order valence-electron chi connectivity index (χ3n) is 1.66. The maximum atomic E-state index is 4.27. The van der Waals surface area contributed by atoms with Crippen LogP contribution in [0.3, 0.4) is 0 Å². The fraction of sp³-hybridized carbons (Fsp3) is 0.100. The molecule has 0 aliphatic heterocycles.